The standard InChI is InChI=1S/C22H19FN4O4/c1-12-18(22(26(3)25-12)31-15-8-6-7-14(23)11-15)24-19(28)13(2)27-20(29)16-9-4-5-10-17(16)21(27)30/h4-11,13H,1-3H3,(H,24,28). The minimum Gasteiger partial charge on any atom is -0.437 e. The highest BCUT2D eigenvalue weighted by Gasteiger charge is 2.41. The monoisotopic (exact) mass is 422 g/mol. The number of benzene rings is 2. The molecule has 1 N–H and O–H groups in total. The molecule has 3 amide bonds. The second-order valence-electron chi connectivity index (χ2n) is 7.14. The number of halogens is 1. The summed E-state index contributed by atoms with van der Waals surface area (Å²) in [6.45, 7) is 3.14. The van der Waals surface area contributed by atoms with Crippen LogP contribution in [0.2, 0.25) is 0 Å². The highest BCUT2D eigenvalue weighted by atomic mass is 19.1. The maximum absolute atomic E-state index is 13.5. The van der Waals surface area contributed by atoms with Crippen LogP contribution in [0.15, 0.2) is 48.5 Å². The van der Waals surface area contributed by atoms with Gasteiger partial charge in [0, 0.05) is 13.1 Å². The van der Waals surface area contributed by atoms with Crippen molar-refractivity contribution in [1.82, 2.24) is 14.7 Å². The molecular weight excluding hydrogens is 403 g/mol. The summed E-state index contributed by atoms with van der Waals surface area (Å²) in [5, 5.41) is 6.93. The number of aromatic nitrogens is 2. The predicted octanol–water partition coefficient (Wildman–Crippen LogP) is 3.28. The van der Waals surface area contributed by atoms with Gasteiger partial charge in [0.2, 0.25) is 11.8 Å². The smallest absolute Gasteiger partial charge is 0.262 e. The van der Waals surface area contributed by atoms with Gasteiger partial charge in [-0.3, -0.25) is 19.3 Å². The number of amides is 3. The average molecular weight is 422 g/mol. The normalized spacial score (nSPS) is 13.9. The molecule has 3 aromatic rings. The highest BCUT2D eigenvalue weighted by molar-refractivity contribution is 6.23. The van der Waals surface area contributed by atoms with Crippen molar-refractivity contribution in [3.05, 3.63) is 71.2 Å². The molecule has 0 spiro atoms. The van der Waals surface area contributed by atoms with Crippen LogP contribution in [0.5, 0.6) is 11.6 Å². The Bertz CT molecular complexity index is 1180. The Kier molecular flexibility index (Phi) is 5.02. The van der Waals surface area contributed by atoms with E-state index in [4.69, 9.17) is 4.74 Å². The Morgan fingerprint density at radius 1 is 1.10 bits per heavy atom. The van der Waals surface area contributed by atoms with Gasteiger partial charge < -0.3 is 10.1 Å². The van der Waals surface area contributed by atoms with Crippen molar-refractivity contribution in [3.8, 4) is 11.6 Å². The lowest BCUT2D eigenvalue weighted by Crippen LogP contribution is -2.45. The van der Waals surface area contributed by atoms with E-state index in [2.05, 4.69) is 10.4 Å². The topological polar surface area (TPSA) is 93.5 Å². The van der Waals surface area contributed by atoms with Gasteiger partial charge in [-0.05, 0) is 38.1 Å². The van der Waals surface area contributed by atoms with E-state index in [1.54, 1.807) is 44.3 Å². The van der Waals surface area contributed by atoms with Crippen LogP contribution in [-0.4, -0.2) is 38.4 Å². The first-order chi connectivity index (χ1) is 14.8. The molecule has 158 valence electrons. The first-order valence-electron chi connectivity index (χ1n) is 9.52. The fourth-order valence-electron chi connectivity index (χ4n) is 3.44. The zero-order chi connectivity index (χ0) is 22.3. The molecule has 1 aliphatic rings. The summed E-state index contributed by atoms with van der Waals surface area (Å²) in [6.07, 6.45) is 0. The molecule has 0 fully saturated rings. The molecule has 0 aliphatic carbocycles. The first-order valence-corrected chi connectivity index (χ1v) is 9.52. The number of ether oxygens (including phenoxy) is 1. The summed E-state index contributed by atoms with van der Waals surface area (Å²) < 4.78 is 20.7. The summed E-state index contributed by atoms with van der Waals surface area (Å²) in [7, 11) is 1.62. The molecule has 31 heavy (non-hydrogen) atoms. The van der Waals surface area contributed by atoms with Gasteiger partial charge in [0.25, 0.3) is 11.8 Å². The van der Waals surface area contributed by atoms with E-state index in [9.17, 15) is 18.8 Å². The minimum atomic E-state index is -1.07. The summed E-state index contributed by atoms with van der Waals surface area (Å²) in [6, 6.07) is 10.9. The number of nitrogens with one attached hydrogen (secondary N) is 1. The highest BCUT2D eigenvalue weighted by Crippen LogP contribution is 2.33. The van der Waals surface area contributed by atoms with E-state index < -0.39 is 29.6 Å². The van der Waals surface area contributed by atoms with Gasteiger partial charge in [-0.2, -0.15) is 5.10 Å². The maximum Gasteiger partial charge on any atom is 0.262 e. The van der Waals surface area contributed by atoms with Gasteiger partial charge >= 0.3 is 0 Å². The average Bonchev–Trinajstić information content (AvgIpc) is 3.15. The SMILES string of the molecule is Cc1nn(C)c(Oc2cccc(F)c2)c1NC(=O)C(C)N1C(=O)c2ccccc2C1=O. The third-order valence-corrected chi connectivity index (χ3v) is 5.02. The van der Waals surface area contributed by atoms with Crippen molar-refractivity contribution in [2.45, 2.75) is 19.9 Å². The van der Waals surface area contributed by atoms with Crippen LogP contribution in [0.25, 0.3) is 0 Å². The largest absolute Gasteiger partial charge is 0.437 e. The van der Waals surface area contributed by atoms with Crippen LogP contribution in [-0.2, 0) is 11.8 Å². The van der Waals surface area contributed by atoms with Crippen LogP contribution < -0.4 is 10.1 Å². The van der Waals surface area contributed by atoms with E-state index >= 15 is 0 Å². The second kappa shape index (κ2) is 7.67. The number of rotatable bonds is 5. The molecule has 1 aromatic heterocycles. The number of carbonyl (C=O) groups excluding carboxylic acids is 3. The van der Waals surface area contributed by atoms with Crippen molar-refractivity contribution in [2.75, 3.05) is 5.32 Å². The van der Waals surface area contributed by atoms with E-state index in [0.717, 1.165) is 4.90 Å². The van der Waals surface area contributed by atoms with Crippen molar-refractivity contribution >= 4 is 23.4 Å². The van der Waals surface area contributed by atoms with Crippen LogP contribution >= 0.6 is 0 Å². The molecule has 1 atom stereocenters. The quantitative estimate of drug-likeness (QED) is 0.637. The van der Waals surface area contributed by atoms with Gasteiger partial charge in [0.1, 0.15) is 23.3 Å². The summed E-state index contributed by atoms with van der Waals surface area (Å²) in [4.78, 5) is 39.2. The number of aryl methyl sites for hydroxylation is 2. The lowest BCUT2D eigenvalue weighted by molar-refractivity contribution is -0.119. The van der Waals surface area contributed by atoms with Crippen LogP contribution in [0.3, 0.4) is 0 Å². The van der Waals surface area contributed by atoms with Crippen molar-refractivity contribution in [2.24, 2.45) is 7.05 Å². The number of hydrogen-bond donors (Lipinski definition) is 1. The van der Waals surface area contributed by atoms with Crippen LogP contribution in [0.1, 0.15) is 33.3 Å². The first kappa shape index (κ1) is 20.3. The number of fused-ring (bicyclic) bond motifs is 1. The summed E-state index contributed by atoms with van der Waals surface area (Å²) in [5.41, 5.74) is 1.25. The van der Waals surface area contributed by atoms with Gasteiger partial charge in [0.05, 0.1) is 16.8 Å². The molecular formula is C22H19FN4O4. The zero-order valence-electron chi connectivity index (χ0n) is 17.0. The fraction of sp³-hybridized carbons (Fsp3) is 0.182. The number of nitrogens with zero attached hydrogens (tertiary/aromatic N) is 3. The van der Waals surface area contributed by atoms with Gasteiger partial charge in [-0.25, -0.2) is 9.07 Å². The zero-order valence-corrected chi connectivity index (χ0v) is 17.0. The Hall–Kier alpha value is -4.01. The molecule has 4 rings (SSSR count). The predicted molar refractivity (Wildman–Crippen MR) is 109 cm³/mol. The number of hydrogen-bond acceptors (Lipinski definition) is 5. The second-order valence-corrected chi connectivity index (χ2v) is 7.14. The van der Waals surface area contributed by atoms with Gasteiger partial charge in [-0.15, -0.1) is 0 Å². The number of carbonyl (C=O) groups is 3. The van der Waals surface area contributed by atoms with Crippen LogP contribution in [0, 0.1) is 12.7 Å². The summed E-state index contributed by atoms with van der Waals surface area (Å²) >= 11 is 0. The Labute approximate surface area is 177 Å². The Morgan fingerprint density at radius 3 is 2.35 bits per heavy atom. The van der Waals surface area contributed by atoms with E-state index in [-0.39, 0.29) is 28.4 Å². The van der Waals surface area contributed by atoms with Crippen molar-refractivity contribution in [1.29, 1.82) is 0 Å². The molecule has 2 heterocycles. The van der Waals surface area contributed by atoms with Crippen molar-refractivity contribution < 1.29 is 23.5 Å². The molecule has 0 saturated carbocycles. The Balaban J connectivity index is 1.58. The summed E-state index contributed by atoms with van der Waals surface area (Å²) in [5.74, 6) is -1.70. The van der Waals surface area contributed by atoms with Gasteiger partial charge in [-0.1, -0.05) is 18.2 Å². The third kappa shape index (κ3) is 3.54. The number of anilines is 1. The molecule has 0 radical (unpaired) electrons. The van der Waals surface area contributed by atoms with Gasteiger partial charge in [0.15, 0.2) is 0 Å². The Morgan fingerprint density at radius 2 is 1.74 bits per heavy atom. The van der Waals surface area contributed by atoms with Crippen molar-refractivity contribution in [3.63, 3.8) is 0 Å². The van der Waals surface area contributed by atoms with E-state index in [1.165, 1.54) is 29.8 Å². The molecule has 0 saturated heterocycles. The third-order valence-electron chi connectivity index (χ3n) is 5.02. The molecule has 9 heteroatoms. The molecule has 1 aliphatic heterocycles. The lowest BCUT2D eigenvalue weighted by Gasteiger charge is -2.21. The molecule has 8 nitrogen and oxygen atoms in total. The molecule has 0 bridgehead atoms. The van der Waals surface area contributed by atoms with Crippen LogP contribution in [0.4, 0.5) is 10.1 Å². The number of imide groups is 1. The molecule has 2 aromatic carbocycles. The van der Waals surface area contributed by atoms with E-state index in [1.807, 2.05) is 0 Å². The lowest BCUT2D eigenvalue weighted by atomic mass is 10.1. The molecule has 1 unspecified atom stereocenters. The minimum absolute atomic E-state index is 0.186. The fourth-order valence-corrected chi connectivity index (χ4v) is 3.44. The van der Waals surface area contributed by atoms with E-state index in [0.29, 0.717) is 5.69 Å². The maximum atomic E-state index is 13.5.